The summed E-state index contributed by atoms with van der Waals surface area (Å²) in [6, 6.07) is 14.8. The molecular formula is C37H32Cl2FN3O8. The third kappa shape index (κ3) is 5.43. The summed E-state index contributed by atoms with van der Waals surface area (Å²) in [5, 5.41) is 21.1. The third-order valence-electron chi connectivity index (χ3n) is 10.7. The van der Waals surface area contributed by atoms with E-state index in [2.05, 4.69) is 5.43 Å². The zero-order valence-electron chi connectivity index (χ0n) is 27.1. The molecule has 7 rings (SSSR count). The topological polar surface area (TPSA) is 154 Å². The molecule has 0 radical (unpaired) electrons. The minimum atomic E-state index is -1.65. The van der Waals surface area contributed by atoms with Crippen molar-refractivity contribution in [2.24, 2.45) is 23.7 Å². The molecule has 4 aliphatic rings. The number of carbonyl (C=O) groups excluding carboxylic acids is 4. The van der Waals surface area contributed by atoms with Gasteiger partial charge in [-0.15, -0.1) is 0 Å². The highest BCUT2D eigenvalue weighted by Crippen LogP contribution is 2.64. The largest absolute Gasteiger partial charge is 0.503 e. The molecule has 1 saturated carbocycles. The van der Waals surface area contributed by atoms with Crippen molar-refractivity contribution in [3.05, 3.63) is 99.3 Å². The van der Waals surface area contributed by atoms with Gasteiger partial charge in [0.25, 0.3) is 11.8 Å². The number of hydrogen-bond acceptors (Lipinski definition) is 8. The number of halogens is 3. The van der Waals surface area contributed by atoms with E-state index in [1.807, 2.05) is 6.08 Å². The summed E-state index contributed by atoms with van der Waals surface area (Å²) >= 11 is 12.9. The van der Waals surface area contributed by atoms with Crippen molar-refractivity contribution < 1.29 is 43.3 Å². The first-order valence-corrected chi connectivity index (χ1v) is 17.1. The predicted octanol–water partition coefficient (Wildman–Crippen LogP) is 5.70. The van der Waals surface area contributed by atoms with E-state index < -0.39 is 70.4 Å². The molecule has 11 nitrogen and oxygen atoms in total. The molecule has 3 fully saturated rings. The Morgan fingerprint density at radius 3 is 2.37 bits per heavy atom. The number of anilines is 1. The van der Waals surface area contributed by atoms with Crippen molar-refractivity contribution in [3.8, 4) is 11.5 Å². The Morgan fingerprint density at radius 2 is 1.71 bits per heavy atom. The van der Waals surface area contributed by atoms with E-state index in [4.69, 9.17) is 33.0 Å². The van der Waals surface area contributed by atoms with E-state index in [1.54, 1.807) is 30.3 Å². The maximum Gasteiger partial charge on any atom is 0.303 e. The number of ether oxygens (including phenoxy) is 1. The maximum atomic E-state index is 15.2. The fraction of sp³-hybridized carbons (Fsp3) is 0.324. The van der Waals surface area contributed by atoms with E-state index in [-0.39, 0.29) is 54.4 Å². The number of aromatic hydroxyl groups is 1. The Morgan fingerprint density at radius 1 is 1.00 bits per heavy atom. The van der Waals surface area contributed by atoms with Gasteiger partial charge in [0.05, 0.1) is 41.0 Å². The molecule has 3 N–H and O–H groups in total. The molecule has 2 aliphatic carbocycles. The van der Waals surface area contributed by atoms with Crippen LogP contribution in [-0.4, -0.2) is 63.4 Å². The number of methoxy groups -OCH3 is 1. The van der Waals surface area contributed by atoms with Crippen LogP contribution in [0.2, 0.25) is 10.0 Å². The normalized spacial score (nSPS) is 26.8. The number of allylic oxidation sites excluding steroid dienone is 2. The van der Waals surface area contributed by atoms with Crippen molar-refractivity contribution in [3.63, 3.8) is 0 Å². The number of aliphatic carboxylic acids is 1. The van der Waals surface area contributed by atoms with Crippen molar-refractivity contribution >= 4 is 58.5 Å². The maximum absolute atomic E-state index is 15.2. The van der Waals surface area contributed by atoms with Gasteiger partial charge in [0.15, 0.2) is 11.5 Å². The highest BCUT2D eigenvalue weighted by molar-refractivity contribution is 6.32. The molecule has 2 saturated heterocycles. The summed E-state index contributed by atoms with van der Waals surface area (Å²) in [5.74, 6) is -8.29. The second-order valence-corrected chi connectivity index (χ2v) is 14.1. The number of hydrogen-bond donors (Lipinski definition) is 3. The van der Waals surface area contributed by atoms with Crippen molar-refractivity contribution in [2.45, 2.75) is 37.0 Å². The minimum absolute atomic E-state index is 0.0171. The number of nitrogens with one attached hydrogen (secondary N) is 1. The number of hydrazine groups is 1. The molecule has 6 atom stereocenters. The molecule has 3 aromatic rings. The lowest BCUT2D eigenvalue weighted by molar-refractivity contribution is -0.142. The Hall–Kier alpha value is -4.94. The van der Waals surface area contributed by atoms with Gasteiger partial charge in [-0.25, -0.2) is 4.39 Å². The van der Waals surface area contributed by atoms with Gasteiger partial charge in [-0.2, -0.15) is 5.01 Å². The summed E-state index contributed by atoms with van der Waals surface area (Å²) in [7, 11) is 1.35. The third-order valence-corrected chi connectivity index (χ3v) is 11.3. The first-order chi connectivity index (χ1) is 24.4. The lowest BCUT2D eigenvalue weighted by Gasteiger charge is -2.50. The van der Waals surface area contributed by atoms with Gasteiger partial charge in [0, 0.05) is 23.9 Å². The zero-order chi connectivity index (χ0) is 36.4. The first kappa shape index (κ1) is 34.5. The number of phenols is 1. The van der Waals surface area contributed by atoms with Crippen molar-refractivity contribution in [1.29, 1.82) is 0 Å². The highest BCUT2D eigenvalue weighted by atomic mass is 35.5. The predicted molar refractivity (Wildman–Crippen MR) is 182 cm³/mol. The summed E-state index contributed by atoms with van der Waals surface area (Å²) < 4.78 is 19.3. The van der Waals surface area contributed by atoms with Crippen LogP contribution in [0.1, 0.15) is 42.7 Å². The van der Waals surface area contributed by atoms with E-state index in [0.717, 1.165) is 9.91 Å². The van der Waals surface area contributed by atoms with E-state index in [0.29, 0.717) is 21.7 Å². The Bertz CT molecular complexity index is 2010. The van der Waals surface area contributed by atoms with Crippen LogP contribution in [-0.2, 0) is 29.4 Å². The second kappa shape index (κ2) is 13.0. The number of amides is 4. The lowest BCUT2D eigenvalue weighted by Crippen LogP contribution is -2.53. The monoisotopic (exact) mass is 735 g/mol. The molecule has 3 aromatic carbocycles. The van der Waals surface area contributed by atoms with Crippen LogP contribution >= 0.6 is 23.2 Å². The number of carboxylic acids is 1. The van der Waals surface area contributed by atoms with Crippen LogP contribution in [0.5, 0.6) is 11.5 Å². The quantitative estimate of drug-likeness (QED) is 0.186. The van der Waals surface area contributed by atoms with Crippen LogP contribution in [0.25, 0.3) is 0 Å². The van der Waals surface area contributed by atoms with Crippen molar-refractivity contribution in [2.75, 3.05) is 19.1 Å². The number of fused-ring (bicyclic) bond motifs is 4. The average Bonchev–Trinajstić information content (AvgIpc) is 3.47. The SMILES string of the molecule is COc1cc([C@H]2C3=CC[C@@H]4C(=O)N(CCCC(=O)O)C(=O)[C@@H]4[C@@H]3C[C@H]3C(=O)N(Nc4ccc(F)cc4)C(=O)[C@@]23c2ccc(Cl)cc2)cc(Cl)c1O. The van der Waals surface area contributed by atoms with Gasteiger partial charge in [0.1, 0.15) is 5.82 Å². The summed E-state index contributed by atoms with van der Waals surface area (Å²) in [4.78, 5) is 69.9. The second-order valence-electron chi connectivity index (χ2n) is 13.3. The lowest BCUT2D eigenvalue weighted by atomic mass is 9.49. The summed E-state index contributed by atoms with van der Waals surface area (Å²) in [6.07, 6.45) is 1.91. The van der Waals surface area contributed by atoms with Crippen LogP contribution in [0.15, 0.2) is 72.3 Å². The Labute approximate surface area is 301 Å². The van der Waals surface area contributed by atoms with Crippen molar-refractivity contribution in [1.82, 2.24) is 9.91 Å². The zero-order valence-corrected chi connectivity index (χ0v) is 28.7. The molecule has 51 heavy (non-hydrogen) atoms. The molecule has 0 unspecified atom stereocenters. The number of carboxylic acid groups (broad SMARTS) is 1. The molecule has 14 heteroatoms. The van der Waals surface area contributed by atoms with Crippen LogP contribution in [0, 0.1) is 29.5 Å². The molecule has 2 heterocycles. The molecule has 0 bridgehead atoms. The minimum Gasteiger partial charge on any atom is -0.503 e. The fourth-order valence-corrected chi connectivity index (χ4v) is 8.97. The van der Waals surface area contributed by atoms with Crippen LogP contribution < -0.4 is 10.2 Å². The Balaban J connectivity index is 1.43. The molecule has 0 spiro atoms. The van der Waals surface area contributed by atoms with Gasteiger partial charge < -0.3 is 14.9 Å². The average molecular weight is 737 g/mol. The van der Waals surface area contributed by atoms with Gasteiger partial charge in [-0.1, -0.05) is 47.0 Å². The number of benzene rings is 3. The van der Waals surface area contributed by atoms with E-state index in [1.165, 1.54) is 37.4 Å². The number of likely N-dealkylation sites (tertiary alicyclic amines) is 1. The fourth-order valence-electron chi connectivity index (χ4n) is 8.62. The van der Waals surface area contributed by atoms with Gasteiger partial charge in [-0.3, -0.25) is 34.3 Å². The summed E-state index contributed by atoms with van der Waals surface area (Å²) in [5.41, 5.74) is 3.03. The smallest absolute Gasteiger partial charge is 0.303 e. The highest BCUT2D eigenvalue weighted by Gasteiger charge is 2.70. The standard InChI is InChI=1S/C37H32Cl2FN3O8/c1-51-28-16-18(15-27(39)32(28)46)31-23-12-13-24-30(35(49)42(33(24)47)14-2-3-29(44)45)25(23)17-26-34(48)43(41-22-10-8-21(40)9-11-22)36(50)37(26,31)19-4-6-20(38)7-5-19/h4-12,15-16,24-26,30-31,41,46H,2-3,13-14,17H2,1H3,(H,44,45)/t24-,25+,26-,30-,31-,37+/m0/s1. The van der Waals surface area contributed by atoms with Crippen LogP contribution in [0.3, 0.4) is 0 Å². The molecule has 0 aromatic heterocycles. The molecule has 4 amide bonds. The molecule has 2 aliphatic heterocycles. The number of carbonyl (C=O) groups is 5. The van der Waals surface area contributed by atoms with Gasteiger partial charge in [-0.05, 0) is 84.8 Å². The van der Waals surface area contributed by atoms with Crippen LogP contribution in [0.4, 0.5) is 10.1 Å². The summed E-state index contributed by atoms with van der Waals surface area (Å²) in [6.45, 7) is -0.0574. The first-order valence-electron chi connectivity index (χ1n) is 16.4. The number of nitrogens with zero attached hydrogens (tertiary/aromatic N) is 2. The number of imide groups is 2. The molecule has 264 valence electrons. The number of rotatable bonds is 9. The Kier molecular flexibility index (Phi) is 8.79. The van der Waals surface area contributed by atoms with Gasteiger partial charge in [0.2, 0.25) is 11.8 Å². The molecular weight excluding hydrogens is 704 g/mol. The van der Waals surface area contributed by atoms with Gasteiger partial charge >= 0.3 is 5.97 Å². The van der Waals surface area contributed by atoms with E-state index >= 15 is 4.79 Å². The number of phenolic OH excluding ortho intramolecular Hbond substituents is 1. The van der Waals surface area contributed by atoms with E-state index in [9.17, 15) is 28.7 Å².